The highest BCUT2D eigenvalue weighted by atomic mass is 16.5. The van der Waals surface area contributed by atoms with Crippen molar-refractivity contribution in [3.8, 4) is 0 Å². The molecule has 0 aromatic carbocycles. The van der Waals surface area contributed by atoms with E-state index in [4.69, 9.17) is 4.74 Å². The summed E-state index contributed by atoms with van der Waals surface area (Å²) >= 11 is 0. The molecule has 21 heavy (non-hydrogen) atoms. The predicted octanol–water partition coefficient (Wildman–Crippen LogP) is 2.56. The first-order valence-electron chi connectivity index (χ1n) is 8.35. The fraction of sp³-hybridized carbons (Fsp3) is 0.875. The van der Waals surface area contributed by atoms with Crippen LogP contribution in [0, 0.1) is 0 Å². The SMILES string of the molecule is CCCn1ncnc1CC(NC)C1(OC)CCCCCC1. The van der Waals surface area contributed by atoms with Crippen LogP contribution in [0.5, 0.6) is 0 Å². The number of hydrogen-bond acceptors (Lipinski definition) is 4. The van der Waals surface area contributed by atoms with Gasteiger partial charge in [-0.15, -0.1) is 0 Å². The van der Waals surface area contributed by atoms with Gasteiger partial charge in [0.2, 0.25) is 0 Å². The minimum absolute atomic E-state index is 0.0613. The summed E-state index contributed by atoms with van der Waals surface area (Å²) in [6.07, 6.45) is 11.1. The molecule has 0 spiro atoms. The van der Waals surface area contributed by atoms with Gasteiger partial charge in [0.05, 0.1) is 5.60 Å². The zero-order valence-electron chi connectivity index (χ0n) is 13.8. The summed E-state index contributed by atoms with van der Waals surface area (Å²) in [5, 5.41) is 7.84. The van der Waals surface area contributed by atoms with Crippen LogP contribution < -0.4 is 5.32 Å². The monoisotopic (exact) mass is 294 g/mol. The van der Waals surface area contributed by atoms with E-state index in [2.05, 4.69) is 22.3 Å². The van der Waals surface area contributed by atoms with Gasteiger partial charge < -0.3 is 10.1 Å². The maximum absolute atomic E-state index is 6.04. The van der Waals surface area contributed by atoms with Crippen molar-refractivity contribution in [2.24, 2.45) is 0 Å². The highest BCUT2D eigenvalue weighted by Crippen LogP contribution is 2.34. The highest BCUT2D eigenvalue weighted by molar-refractivity contribution is 5.00. The van der Waals surface area contributed by atoms with E-state index in [1.54, 1.807) is 6.33 Å². The molecule has 0 saturated heterocycles. The van der Waals surface area contributed by atoms with Crippen molar-refractivity contribution in [3.63, 3.8) is 0 Å². The van der Waals surface area contributed by atoms with Crippen LogP contribution in [0.25, 0.3) is 0 Å². The quantitative estimate of drug-likeness (QED) is 0.785. The molecule has 0 amide bonds. The third-order valence-corrected chi connectivity index (χ3v) is 4.86. The molecule has 2 rings (SSSR count). The Morgan fingerprint density at radius 1 is 1.33 bits per heavy atom. The van der Waals surface area contributed by atoms with Crippen LogP contribution in [0.2, 0.25) is 0 Å². The molecule has 5 heteroatoms. The van der Waals surface area contributed by atoms with Gasteiger partial charge in [-0.25, -0.2) is 4.98 Å². The molecule has 0 aliphatic heterocycles. The molecule has 1 aliphatic carbocycles. The smallest absolute Gasteiger partial charge is 0.138 e. The van der Waals surface area contributed by atoms with Gasteiger partial charge in [0.15, 0.2) is 0 Å². The minimum Gasteiger partial charge on any atom is -0.377 e. The first-order valence-corrected chi connectivity index (χ1v) is 8.35. The average molecular weight is 294 g/mol. The molecule has 1 atom stereocenters. The molecule has 1 heterocycles. The van der Waals surface area contributed by atoms with Crippen LogP contribution in [0.4, 0.5) is 0 Å². The molecule has 1 unspecified atom stereocenters. The maximum atomic E-state index is 6.04. The summed E-state index contributed by atoms with van der Waals surface area (Å²) in [6, 6.07) is 0.292. The van der Waals surface area contributed by atoms with E-state index in [1.165, 1.54) is 25.7 Å². The van der Waals surface area contributed by atoms with Crippen LogP contribution in [-0.2, 0) is 17.7 Å². The largest absolute Gasteiger partial charge is 0.377 e. The standard InChI is InChI=1S/C16H30N4O/c1-4-11-20-15(18-13-19-20)12-14(17-2)16(21-3)9-7-5-6-8-10-16/h13-14,17H,4-12H2,1-3H3. The molecule has 0 bridgehead atoms. The van der Waals surface area contributed by atoms with Crippen molar-refractivity contribution in [3.05, 3.63) is 12.2 Å². The van der Waals surface area contributed by atoms with Crippen molar-refractivity contribution in [2.45, 2.75) is 76.5 Å². The zero-order valence-corrected chi connectivity index (χ0v) is 13.8. The number of aromatic nitrogens is 3. The van der Waals surface area contributed by atoms with E-state index in [-0.39, 0.29) is 5.60 Å². The third-order valence-electron chi connectivity index (χ3n) is 4.86. The Morgan fingerprint density at radius 3 is 2.62 bits per heavy atom. The summed E-state index contributed by atoms with van der Waals surface area (Å²) in [5.41, 5.74) is -0.0613. The van der Waals surface area contributed by atoms with Crippen molar-refractivity contribution in [1.29, 1.82) is 0 Å². The number of methoxy groups -OCH3 is 1. The van der Waals surface area contributed by atoms with E-state index < -0.39 is 0 Å². The lowest BCUT2D eigenvalue weighted by molar-refractivity contribution is -0.0515. The van der Waals surface area contributed by atoms with Crippen LogP contribution in [-0.4, -0.2) is 40.6 Å². The summed E-state index contributed by atoms with van der Waals surface area (Å²) in [5.74, 6) is 1.07. The maximum Gasteiger partial charge on any atom is 0.138 e. The Labute approximate surface area is 128 Å². The number of ether oxygens (including phenoxy) is 1. The van der Waals surface area contributed by atoms with Gasteiger partial charge in [0, 0.05) is 26.1 Å². The number of nitrogens with zero attached hydrogens (tertiary/aromatic N) is 3. The molecule has 1 saturated carbocycles. The number of aryl methyl sites for hydroxylation is 1. The fourth-order valence-corrected chi connectivity index (χ4v) is 3.60. The van der Waals surface area contributed by atoms with Crippen LogP contribution in [0.3, 0.4) is 0 Å². The first kappa shape index (κ1) is 16.4. The number of nitrogens with one attached hydrogen (secondary N) is 1. The van der Waals surface area contributed by atoms with E-state index in [9.17, 15) is 0 Å². The molecule has 1 fully saturated rings. The second-order valence-corrected chi connectivity index (χ2v) is 6.13. The minimum atomic E-state index is -0.0613. The highest BCUT2D eigenvalue weighted by Gasteiger charge is 2.39. The lowest BCUT2D eigenvalue weighted by atomic mass is 9.84. The van der Waals surface area contributed by atoms with Crippen molar-refractivity contribution >= 4 is 0 Å². The second kappa shape index (κ2) is 7.90. The number of rotatable bonds is 7. The Bertz CT molecular complexity index is 410. The lowest BCUT2D eigenvalue weighted by Gasteiger charge is -2.39. The average Bonchev–Trinajstić information content (AvgIpc) is 2.80. The fourth-order valence-electron chi connectivity index (χ4n) is 3.60. The molecular formula is C16H30N4O. The van der Waals surface area contributed by atoms with Gasteiger partial charge in [-0.1, -0.05) is 32.6 Å². The van der Waals surface area contributed by atoms with Crippen LogP contribution in [0.1, 0.15) is 57.7 Å². The van der Waals surface area contributed by atoms with Gasteiger partial charge >= 0.3 is 0 Å². The van der Waals surface area contributed by atoms with Gasteiger partial charge in [-0.05, 0) is 26.3 Å². The molecule has 1 aromatic heterocycles. The Balaban J connectivity index is 2.14. The van der Waals surface area contributed by atoms with Gasteiger partial charge in [0.1, 0.15) is 12.2 Å². The third kappa shape index (κ3) is 3.83. The Kier molecular flexibility index (Phi) is 6.18. The molecule has 0 radical (unpaired) electrons. The van der Waals surface area contributed by atoms with Crippen molar-refractivity contribution in [1.82, 2.24) is 20.1 Å². The van der Waals surface area contributed by atoms with E-state index in [1.807, 2.05) is 18.8 Å². The molecule has 120 valence electrons. The zero-order chi connectivity index (χ0) is 15.1. The van der Waals surface area contributed by atoms with E-state index in [0.717, 1.165) is 38.1 Å². The normalized spacial score (nSPS) is 20.1. The molecule has 5 nitrogen and oxygen atoms in total. The molecule has 1 N–H and O–H groups in total. The van der Waals surface area contributed by atoms with Gasteiger partial charge in [-0.2, -0.15) is 5.10 Å². The van der Waals surface area contributed by atoms with E-state index in [0.29, 0.717) is 6.04 Å². The molecular weight excluding hydrogens is 264 g/mol. The number of likely N-dealkylation sites (N-methyl/N-ethyl adjacent to an activating group) is 1. The molecule has 1 aromatic rings. The predicted molar refractivity (Wildman–Crippen MR) is 84.3 cm³/mol. The topological polar surface area (TPSA) is 52.0 Å². The first-order chi connectivity index (χ1) is 10.3. The van der Waals surface area contributed by atoms with Crippen LogP contribution in [0.15, 0.2) is 6.33 Å². The Morgan fingerprint density at radius 2 is 2.05 bits per heavy atom. The van der Waals surface area contributed by atoms with Crippen molar-refractivity contribution < 1.29 is 4.74 Å². The second-order valence-electron chi connectivity index (χ2n) is 6.13. The summed E-state index contributed by atoms with van der Waals surface area (Å²) in [6.45, 7) is 3.11. The lowest BCUT2D eigenvalue weighted by Crippen LogP contribution is -2.52. The summed E-state index contributed by atoms with van der Waals surface area (Å²) in [7, 11) is 3.91. The molecule has 1 aliphatic rings. The summed E-state index contributed by atoms with van der Waals surface area (Å²) in [4.78, 5) is 4.46. The number of hydrogen-bond donors (Lipinski definition) is 1. The van der Waals surface area contributed by atoms with Gasteiger partial charge in [-0.3, -0.25) is 4.68 Å². The van der Waals surface area contributed by atoms with Gasteiger partial charge in [0.25, 0.3) is 0 Å². The van der Waals surface area contributed by atoms with Crippen LogP contribution >= 0.6 is 0 Å². The Hall–Kier alpha value is -0.940. The van der Waals surface area contributed by atoms with E-state index >= 15 is 0 Å². The van der Waals surface area contributed by atoms with Crippen molar-refractivity contribution in [2.75, 3.05) is 14.2 Å². The summed E-state index contributed by atoms with van der Waals surface area (Å²) < 4.78 is 8.07.